The summed E-state index contributed by atoms with van der Waals surface area (Å²) in [5.74, 6) is 0. The molecule has 1 unspecified atom stereocenters. The van der Waals surface area contributed by atoms with Crippen LogP contribution >= 0.6 is 11.3 Å². The van der Waals surface area contributed by atoms with E-state index < -0.39 is 11.7 Å². The number of hydrogen-bond donors (Lipinski definition) is 1. The predicted molar refractivity (Wildman–Crippen MR) is 73.5 cm³/mol. The molecule has 1 N–H and O–H groups in total. The summed E-state index contributed by atoms with van der Waals surface area (Å²) >= 11 is 1.54. The largest absolute Gasteiger partial charge is 0.416 e. The number of alkyl halides is 3. The molecule has 2 aromatic rings. The number of benzene rings is 1. The Kier molecular flexibility index (Phi) is 4.45. The van der Waals surface area contributed by atoms with E-state index in [4.69, 9.17) is 0 Å². The van der Waals surface area contributed by atoms with E-state index in [1.807, 2.05) is 13.8 Å². The number of rotatable bonds is 4. The van der Waals surface area contributed by atoms with E-state index in [0.29, 0.717) is 0 Å². The third kappa shape index (κ3) is 3.58. The molecule has 0 saturated heterocycles. The summed E-state index contributed by atoms with van der Waals surface area (Å²) in [5, 5.41) is 3.97. The monoisotopic (exact) mass is 300 g/mol. The van der Waals surface area contributed by atoms with E-state index in [1.54, 1.807) is 23.6 Å². The minimum absolute atomic E-state index is 0.0741. The van der Waals surface area contributed by atoms with Gasteiger partial charge in [-0.2, -0.15) is 13.2 Å². The Labute approximate surface area is 119 Å². The molecule has 0 bridgehead atoms. The highest BCUT2D eigenvalue weighted by Crippen LogP contribution is 2.32. The topological polar surface area (TPSA) is 24.9 Å². The Hall–Kier alpha value is -1.40. The van der Waals surface area contributed by atoms with Gasteiger partial charge in [-0.05, 0) is 25.5 Å². The van der Waals surface area contributed by atoms with E-state index in [9.17, 15) is 13.2 Å². The Morgan fingerprint density at radius 3 is 2.60 bits per heavy atom. The zero-order chi connectivity index (χ0) is 14.8. The van der Waals surface area contributed by atoms with Crippen molar-refractivity contribution in [3.8, 4) is 0 Å². The smallest absolute Gasteiger partial charge is 0.304 e. The molecule has 108 valence electrons. The molecule has 2 nitrogen and oxygen atoms in total. The lowest BCUT2D eigenvalue weighted by Gasteiger charge is -2.15. The molecule has 0 aliphatic carbocycles. The number of nitrogens with zero attached hydrogens (tertiary/aromatic N) is 1. The first-order chi connectivity index (χ1) is 9.38. The maximum absolute atomic E-state index is 12.9. The number of nitrogens with one attached hydrogen (secondary N) is 1. The lowest BCUT2D eigenvalue weighted by atomic mass is 10.1. The molecule has 1 atom stereocenters. The Balaban J connectivity index is 2.08. The predicted octanol–water partition coefficient (Wildman–Crippen LogP) is 4.32. The quantitative estimate of drug-likeness (QED) is 0.909. The van der Waals surface area contributed by atoms with Crippen molar-refractivity contribution in [1.82, 2.24) is 10.3 Å². The van der Waals surface area contributed by atoms with Crippen molar-refractivity contribution < 1.29 is 13.2 Å². The van der Waals surface area contributed by atoms with Gasteiger partial charge in [0.05, 0.1) is 11.6 Å². The van der Waals surface area contributed by atoms with E-state index in [-0.39, 0.29) is 18.2 Å². The van der Waals surface area contributed by atoms with Crippen molar-refractivity contribution in [2.75, 3.05) is 0 Å². The molecule has 2 rings (SSSR count). The van der Waals surface area contributed by atoms with Crippen LogP contribution in [0.3, 0.4) is 0 Å². The first-order valence-corrected chi connectivity index (χ1v) is 7.00. The van der Waals surface area contributed by atoms with Gasteiger partial charge >= 0.3 is 6.18 Å². The summed E-state index contributed by atoms with van der Waals surface area (Å²) in [5.41, 5.74) is -0.338. The van der Waals surface area contributed by atoms with Gasteiger partial charge in [0.2, 0.25) is 0 Å². The maximum atomic E-state index is 12.9. The third-order valence-electron chi connectivity index (χ3n) is 2.93. The summed E-state index contributed by atoms with van der Waals surface area (Å²) in [4.78, 5) is 5.32. The third-order valence-corrected chi connectivity index (χ3v) is 4.03. The number of aryl methyl sites for hydroxylation is 1. The van der Waals surface area contributed by atoms with Gasteiger partial charge in [0.15, 0.2) is 0 Å². The molecule has 1 heterocycles. The standard InChI is InChI=1S/C14H15F3N2S/c1-9-7-19-13(20-9)10(2)18-8-11-5-3-4-6-12(11)14(15,16)17/h3-7,10,18H,8H2,1-2H3. The van der Waals surface area contributed by atoms with Crippen LogP contribution in [0, 0.1) is 6.92 Å². The van der Waals surface area contributed by atoms with Crippen LogP contribution in [-0.4, -0.2) is 4.98 Å². The molecule has 1 aromatic heterocycles. The fourth-order valence-electron chi connectivity index (χ4n) is 1.87. The van der Waals surface area contributed by atoms with Gasteiger partial charge in [-0.15, -0.1) is 11.3 Å². The van der Waals surface area contributed by atoms with E-state index in [1.165, 1.54) is 12.1 Å². The summed E-state index contributed by atoms with van der Waals surface area (Å²) in [6, 6.07) is 5.55. The summed E-state index contributed by atoms with van der Waals surface area (Å²) in [6.07, 6.45) is -2.55. The first kappa shape index (κ1) is 15.0. The fourth-order valence-corrected chi connectivity index (χ4v) is 2.67. The number of aromatic nitrogens is 1. The second kappa shape index (κ2) is 5.93. The van der Waals surface area contributed by atoms with Gasteiger partial charge in [-0.1, -0.05) is 18.2 Å². The maximum Gasteiger partial charge on any atom is 0.416 e. The van der Waals surface area contributed by atoms with Crippen molar-refractivity contribution in [2.45, 2.75) is 32.6 Å². The zero-order valence-corrected chi connectivity index (χ0v) is 12.0. The second-order valence-electron chi connectivity index (χ2n) is 4.57. The summed E-state index contributed by atoms with van der Waals surface area (Å²) in [6.45, 7) is 4.01. The summed E-state index contributed by atoms with van der Waals surface area (Å²) in [7, 11) is 0. The molecule has 0 saturated carbocycles. The van der Waals surface area contributed by atoms with Gasteiger partial charge in [-0.3, -0.25) is 0 Å². The molecule has 0 fully saturated rings. The van der Waals surface area contributed by atoms with Crippen LogP contribution in [-0.2, 0) is 12.7 Å². The van der Waals surface area contributed by atoms with Crippen molar-refractivity contribution in [3.63, 3.8) is 0 Å². The molecular formula is C14H15F3N2S. The normalized spacial score (nSPS) is 13.4. The van der Waals surface area contributed by atoms with E-state index in [2.05, 4.69) is 10.3 Å². The highest BCUT2D eigenvalue weighted by molar-refractivity contribution is 7.11. The SMILES string of the molecule is Cc1cnc(C(C)NCc2ccccc2C(F)(F)F)s1. The lowest BCUT2D eigenvalue weighted by Crippen LogP contribution is -2.20. The second-order valence-corrected chi connectivity index (χ2v) is 5.83. The van der Waals surface area contributed by atoms with Crippen molar-refractivity contribution in [2.24, 2.45) is 0 Å². The zero-order valence-electron chi connectivity index (χ0n) is 11.2. The van der Waals surface area contributed by atoms with Crippen LogP contribution in [0.2, 0.25) is 0 Å². The lowest BCUT2D eigenvalue weighted by molar-refractivity contribution is -0.138. The summed E-state index contributed by atoms with van der Waals surface area (Å²) < 4.78 is 38.6. The average molecular weight is 300 g/mol. The molecule has 0 aliphatic heterocycles. The molecule has 1 aromatic carbocycles. The minimum atomic E-state index is -4.32. The molecule has 0 amide bonds. The van der Waals surface area contributed by atoms with Crippen LogP contribution in [0.1, 0.15) is 34.0 Å². The van der Waals surface area contributed by atoms with Gasteiger partial charge in [0, 0.05) is 17.6 Å². The highest BCUT2D eigenvalue weighted by Gasteiger charge is 2.32. The van der Waals surface area contributed by atoms with Gasteiger partial charge in [-0.25, -0.2) is 4.98 Å². The Morgan fingerprint density at radius 2 is 2.00 bits per heavy atom. The molecule has 20 heavy (non-hydrogen) atoms. The molecular weight excluding hydrogens is 285 g/mol. The van der Waals surface area contributed by atoms with Gasteiger partial charge < -0.3 is 5.32 Å². The fraction of sp³-hybridized carbons (Fsp3) is 0.357. The molecule has 0 radical (unpaired) electrons. The Bertz CT molecular complexity index is 578. The van der Waals surface area contributed by atoms with Crippen molar-refractivity contribution >= 4 is 11.3 Å². The highest BCUT2D eigenvalue weighted by atomic mass is 32.1. The van der Waals surface area contributed by atoms with Gasteiger partial charge in [0.1, 0.15) is 5.01 Å². The molecule has 6 heteroatoms. The Morgan fingerprint density at radius 1 is 1.30 bits per heavy atom. The minimum Gasteiger partial charge on any atom is -0.304 e. The van der Waals surface area contributed by atoms with Crippen LogP contribution in [0.15, 0.2) is 30.5 Å². The van der Waals surface area contributed by atoms with Crippen LogP contribution < -0.4 is 5.32 Å². The first-order valence-electron chi connectivity index (χ1n) is 6.18. The number of thiazole rings is 1. The van der Waals surface area contributed by atoms with Crippen molar-refractivity contribution in [1.29, 1.82) is 0 Å². The van der Waals surface area contributed by atoms with Crippen molar-refractivity contribution in [3.05, 3.63) is 51.5 Å². The van der Waals surface area contributed by atoms with Crippen LogP contribution in [0.5, 0.6) is 0 Å². The van der Waals surface area contributed by atoms with E-state index >= 15 is 0 Å². The molecule has 0 spiro atoms. The van der Waals surface area contributed by atoms with Crippen LogP contribution in [0.25, 0.3) is 0 Å². The number of hydrogen-bond acceptors (Lipinski definition) is 3. The molecule has 0 aliphatic rings. The van der Waals surface area contributed by atoms with Crippen LogP contribution in [0.4, 0.5) is 13.2 Å². The number of halogens is 3. The van der Waals surface area contributed by atoms with Gasteiger partial charge in [0.25, 0.3) is 0 Å². The average Bonchev–Trinajstić information content (AvgIpc) is 2.82. The van der Waals surface area contributed by atoms with E-state index in [0.717, 1.165) is 16.0 Å².